The minimum atomic E-state index is -0.909. The summed E-state index contributed by atoms with van der Waals surface area (Å²) in [5.41, 5.74) is 1.96. The maximum absolute atomic E-state index is 11.0. The molecule has 3 N–H and O–H groups in total. The molecule has 1 aromatic carbocycles. The van der Waals surface area contributed by atoms with Gasteiger partial charge in [-0.3, -0.25) is 4.79 Å². The van der Waals surface area contributed by atoms with E-state index in [4.69, 9.17) is 5.11 Å². The zero-order chi connectivity index (χ0) is 16.0. The van der Waals surface area contributed by atoms with Crippen LogP contribution in [0.4, 0.5) is 0 Å². The Labute approximate surface area is 127 Å². The van der Waals surface area contributed by atoms with Gasteiger partial charge in [0.25, 0.3) is 0 Å². The molecule has 4 nitrogen and oxygen atoms in total. The van der Waals surface area contributed by atoms with Gasteiger partial charge in [0, 0.05) is 12.1 Å². The van der Waals surface area contributed by atoms with Crippen LogP contribution in [0.25, 0.3) is 0 Å². The molecule has 0 aromatic heterocycles. The van der Waals surface area contributed by atoms with Crippen LogP contribution in [-0.2, 0) is 4.79 Å². The first-order valence-electron chi connectivity index (χ1n) is 7.60. The van der Waals surface area contributed by atoms with Crippen molar-refractivity contribution in [1.82, 2.24) is 5.32 Å². The summed E-state index contributed by atoms with van der Waals surface area (Å²) in [5, 5.41) is 22.7. The first kappa shape index (κ1) is 17.7. The number of rotatable bonds is 8. The molecular formula is C17H27NO3. The van der Waals surface area contributed by atoms with E-state index in [-0.39, 0.29) is 12.5 Å². The third kappa shape index (κ3) is 5.48. The molecular weight excluding hydrogens is 266 g/mol. The van der Waals surface area contributed by atoms with Crippen molar-refractivity contribution in [3.05, 3.63) is 35.4 Å². The third-order valence-corrected chi connectivity index (χ3v) is 3.83. The van der Waals surface area contributed by atoms with Crippen molar-refractivity contribution in [2.75, 3.05) is 0 Å². The molecule has 4 heteroatoms. The summed E-state index contributed by atoms with van der Waals surface area (Å²) in [4.78, 5) is 11.0. The minimum absolute atomic E-state index is 0.0998. The number of carboxylic acids is 1. The largest absolute Gasteiger partial charge is 0.481 e. The minimum Gasteiger partial charge on any atom is -0.481 e. The molecule has 0 spiro atoms. The van der Waals surface area contributed by atoms with Crippen LogP contribution >= 0.6 is 0 Å². The standard InChI is InChI=1S/C17H27NO3/c1-5-12(4)18-15(10-16(19)20)17(21)14-8-6-13(7-9-14)11(2)3/h6-9,11-12,15,17-18,21H,5,10H2,1-4H3,(H,19,20). The second kappa shape index (κ2) is 8.15. The lowest BCUT2D eigenvalue weighted by molar-refractivity contribution is -0.138. The van der Waals surface area contributed by atoms with Gasteiger partial charge in [-0.1, -0.05) is 45.0 Å². The fourth-order valence-electron chi connectivity index (χ4n) is 2.24. The molecule has 0 amide bonds. The second-order valence-corrected chi connectivity index (χ2v) is 5.95. The highest BCUT2D eigenvalue weighted by Crippen LogP contribution is 2.22. The van der Waals surface area contributed by atoms with Crippen LogP contribution in [0.5, 0.6) is 0 Å². The highest BCUT2D eigenvalue weighted by atomic mass is 16.4. The van der Waals surface area contributed by atoms with Gasteiger partial charge in [0.1, 0.15) is 0 Å². The zero-order valence-corrected chi connectivity index (χ0v) is 13.3. The van der Waals surface area contributed by atoms with E-state index in [1.165, 1.54) is 5.56 Å². The molecule has 0 aliphatic carbocycles. The fraction of sp³-hybridized carbons (Fsp3) is 0.588. The number of benzene rings is 1. The van der Waals surface area contributed by atoms with Crippen LogP contribution in [-0.4, -0.2) is 28.3 Å². The number of hydrogen-bond donors (Lipinski definition) is 3. The molecule has 3 atom stereocenters. The third-order valence-electron chi connectivity index (χ3n) is 3.83. The molecule has 0 heterocycles. The number of aliphatic carboxylic acids is 1. The Balaban J connectivity index is 2.87. The van der Waals surface area contributed by atoms with Gasteiger partial charge in [0.15, 0.2) is 0 Å². The molecule has 1 rings (SSSR count). The summed E-state index contributed by atoms with van der Waals surface area (Å²) < 4.78 is 0. The van der Waals surface area contributed by atoms with Gasteiger partial charge < -0.3 is 15.5 Å². The monoisotopic (exact) mass is 293 g/mol. The number of hydrogen-bond acceptors (Lipinski definition) is 3. The SMILES string of the molecule is CCC(C)NC(CC(=O)O)C(O)c1ccc(C(C)C)cc1. The average molecular weight is 293 g/mol. The second-order valence-electron chi connectivity index (χ2n) is 5.95. The van der Waals surface area contributed by atoms with Crippen molar-refractivity contribution < 1.29 is 15.0 Å². The van der Waals surface area contributed by atoms with E-state index < -0.39 is 18.1 Å². The van der Waals surface area contributed by atoms with Gasteiger partial charge in [-0.2, -0.15) is 0 Å². The number of aliphatic hydroxyl groups is 1. The highest BCUT2D eigenvalue weighted by molar-refractivity contribution is 5.67. The number of nitrogens with one attached hydrogen (secondary N) is 1. The summed E-state index contributed by atoms with van der Waals surface area (Å²) in [5.74, 6) is -0.474. The summed E-state index contributed by atoms with van der Waals surface area (Å²) in [6, 6.07) is 7.43. The first-order valence-corrected chi connectivity index (χ1v) is 7.60. The van der Waals surface area contributed by atoms with Crippen LogP contribution in [0.2, 0.25) is 0 Å². The molecule has 0 fully saturated rings. The van der Waals surface area contributed by atoms with Crippen molar-refractivity contribution in [2.24, 2.45) is 0 Å². The number of carbonyl (C=O) groups is 1. The predicted molar refractivity (Wildman–Crippen MR) is 84.4 cm³/mol. The lowest BCUT2D eigenvalue weighted by Gasteiger charge is -2.26. The zero-order valence-electron chi connectivity index (χ0n) is 13.3. The lowest BCUT2D eigenvalue weighted by atomic mass is 9.95. The molecule has 0 radical (unpaired) electrons. The van der Waals surface area contributed by atoms with Crippen molar-refractivity contribution in [3.8, 4) is 0 Å². The van der Waals surface area contributed by atoms with E-state index in [9.17, 15) is 9.90 Å². The van der Waals surface area contributed by atoms with Crippen LogP contribution in [0.1, 0.15) is 63.7 Å². The summed E-state index contributed by atoms with van der Waals surface area (Å²) in [6.45, 7) is 8.25. The molecule has 118 valence electrons. The van der Waals surface area contributed by atoms with E-state index in [1.54, 1.807) is 0 Å². The van der Waals surface area contributed by atoms with Gasteiger partial charge in [-0.15, -0.1) is 0 Å². The van der Waals surface area contributed by atoms with E-state index in [0.717, 1.165) is 12.0 Å². The van der Waals surface area contributed by atoms with Gasteiger partial charge in [0.05, 0.1) is 12.5 Å². The Morgan fingerprint density at radius 1 is 1.14 bits per heavy atom. The topological polar surface area (TPSA) is 69.6 Å². The predicted octanol–water partition coefficient (Wildman–Crippen LogP) is 3.07. The Morgan fingerprint density at radius 2 is 1.67 bits per heavy atom. The number of carboxylic acid groups (broad SMARTS) is 1. The first-order chi connectivity index (χ1) is 9.85. The molecule has 0 saturated heterocycles. The van der Waals surface area contributed by atoms with E-state index >= 15 is 0 Å². The summed E-state index contributed by atoms with van der Waals surface area (Å²) in [7, 11) is 0. The maximum atomic E-state index is 11.0. The molecule has 3 unspecified atom stereocenters. The Morgan fingerprint density at radius 3 is 2.10 bits per heavy atom. The number of aliphatic hydroxyl groups excluding tert-OH is 1. The van der Waals surface area contributed by atoms with Gasteiger partial charge >= 0.3 is 5.97 Å². The summed E-state index contributed by atoms with van der Waals surface area (Å²) in [6.07, 6.45) is -0.0386. The molecule has 1 aromatic rings. The van der Waals surface area contributed by atoms with Gasteiger partial charge in [-0.25, -0.2) is 0 Å². The normalized spacial score (nSPS) is 15.7. The average Bonchev–Trinajstić information content (AvgIpc) is 2.45. The fourth-order valence-corrected chi connectivity index (χ4v) is 2.24. The lowest BCUT2D eigenvalue weighted by Crippen LogP contribution is -2.41. The van der Waals surface area contributed by atoms with Crippen LogP contribution < -0.4 is 5.32 Å². The van der Waals surface area contributed by atoms with Crippen molar-refractivity contribution in [2.45, 2.75) is 64.6 Å². The van der Waals surface area contributed by atoms with E-state index in [0.29, 0.717) is 5.92 Å². The van der Waals surface area contributed by atoms with Crippen molar-refractivity contribution in [1.29, 1.82) is 0 Å². The molecule has 21 heavy (non-hydrogen) atoms. The van der Waals surface area contributed by atoms with Gasteiger partial charge in [-0.05, 0) is 30.4 Å². The van der Waals surface area contributed by atoms with Crippen LogP contribution in [0.3, 0.4) is 0 Å². The molecule has 0 saturated carbocycles. The maximum Gasteiger partial charge on any atom is 0.305 e. The van der Waals surface area contributed by atoms with Crippen molar-refractivity contribution in [3.63, 3.8) is 0 Å². The molecule has 0 bridgehead atoms. The summed E-state index contributed by atoms with van der Waals surface area (Å²) >= 11 is 0. The molecule has 0 aliphatic heterocycles. The highest BCUT2D eigenvalue weighted by Gasteiger charge is 2.24. The van der Waals surface area contributed by atoms with E-state index in [2.05, 4.69) is 19.2 Å². The Hall–Kier alpha value is -1.39. The Bertz CT molecular complexity index is 442. The van der Waals surface area contributed by atoms with Gasteiger partial charge in [0.2, 0.25) is 0 Å². The molecule has 0 aliphatic rings. The smallest absolute Gasteiger partial charge is 0.305 e. The van der Waals surface area contributed by atoms with Crippen LogP contribution in [0.15, 0.2) is 24.3 Å². The van der Waals surface area contributed by atoms with E-state index in [1.807, 2.05) is 38.1 Å². The van der Waals surface area contributed by atoms with Crippen LogP contribution in [0, 0.1) is 0 Å². The Kier molecular flexibility index (Phi) is 6.85. The van der Waals surface area contributed by atoms with Crippen molar-refractivity contribution >= 4 is 5.97 Å². The quantitative estimate of drug-likeness (QED) is 0.689.